The zero-order chi connectivity index (χ0) is 13.2. The Morgan fingerprint density at radius 3 is 2.84 bits per heavy atom. The lowest BCUT2D eigenvalue weighted by Crippen LogP contribution is -2.29. The van der Waals surface area contributed by atoms with Gasteiger partial charge in [0, 0.05) is 10.8 Å². The molecule has 0 radical (unpaired) electrons. The largest absolute Gasteiger partial charge is 0.496 e. The fourth-order valence-corrected chi connectivity index (χ4v) is 3.97. The lowest BCUT2D eigenvalue weighted by atomic mass is 10.0. The van der Waals surface area contributed by atoms with Gasteiger partial charge in [-0.3, -0.25) is 0 Å². The van der Waals surface area contributed by atoms with Crippen LogP contribution in [0, 0.1) is 0 Å². The standard InChI is InChI=1S/C16H19NOS/c1-11-9-10-17-16(19-11)15-13-6-4-3-5-12(13)7-8-14(15)18-2/h3-8,11,16-17H,9-10H2,1-2H3. The van der Waals surface area contributed by atoms with Crippen molar-refractivity contribution in [3.8, 4) is 5.75 Å². The highest BCUT2D eigenvalue weighted by Gasteiger charge is 2.24. The molecule has 2 nitrogen and oxygen atoms in total. The zero-order valence-corrected chi connectivity index (χ0v) is 12.2. The molecule has 2 aromatic carbocycles. The first kappa shape index (κ1) is 12.8. The topological polar surface area (TPSA) is 21.3 Å². The molecule has 1 aliphatic heterocycles. The van der Waals surface area contributed by atoms with Crippen molar-refractivity contribution in [3.05, 3.63) is 42.0 Å². The molecule has 1 saturated heterocycles. The first-order valence-corrected chi connectivity index (χ1v) is 7.68. The number of nitrogens with one attached hydrogen (secondary N) is 1. The number of methoxy groups -OCH3 is 1. The number of hydrogen-bond acceptors (Lipinski definition) is 3. The molecule has 0 aliphatic carbocycles. The number of fused-ring (bicyclic) bond motifs is 1. The monoisotopic (exact) mass is 273 g/mol. The van der Waals surface area contributed by atoms with Gasteiger partial charge in [-0.25, -0.2) is 0 Å². The van der Waals surface area contributed by atoms with Gasteiger partial charge in [0.2, 0.25) is 0 Å². The van der Waals surface area contributed by atoms with Crippen LogP contribution in [0.3, 0.4) is 0 Å². The van der Waals surface area contributed by atoms with Crippen molar-refractivity contribution in [3.63, 3.8) is 0 Å². The van der Waals surface area contributed by atoms with E-state index in [2.05, 4.69) is 48.6 Å². The first-order chi connectivity index (χ1) is 9.29. The first-order valence-electron chi connectivity index (χ1n) is 6.74. The summed E-state index contributed by atoms with van der Waals surface area (Å²) in [5, 5.41) is 7.20. The van der Waals surface area contributed by atoms with Crippen LogP contribution in [0.15, 0.2) is 36.4 Å². The number of rotatable bonds is 2. The molecule has 0 saturated carbocycles. The minimum absolute atomic E-state index is 0.324. The second-order valence-corrected chi connectivity index (χ2v) is 6.52. The molecule has 0 amide bonds. The Hall–Kier alpha value is -1.19. The smallest absolute Gasteiger partial charge is 0.125 e. The molecule has 1 N–H and O–H groups in total. The number of hydrogen-bond donors (Lipinski definition) is 1. The van der Waals surface area contributed by atoms with E-state index >= 15 is 0 Å². The fraction of sp³-hybridized carbons (Fsp3) is 0.375. The highest BCUT2D eigenvalue weighted by atomic mass is 32.2. The predicted octanol–water partition coefficient (Wildman–Crippen LogP) is 3.96. The minimum atomic E-state index is 0.324. The third-order valence-electron chi connectivity index (χ3n) is 3.66. The molecule has 3 rings (SSSR count). The van der Waals surface area contributed by atoms with E-state index < -0.39 is 0 Å². The fourth-order valence-electron chi connectivity index (χ4n) is 2.66. The summed E-state index contributed by atoms with van der Waals surface area (Å²) >= 11 is 1.99. The van der Waals surface area contributed by atoms with Crippen molar-refractivity contribution in [1.29, 1.82) is 0 Å². The van der Waals surface area contributed by atoms with Crippen molar-refractivity contribution >= 4 is 22.5 Å². The molecule has 3 heteroatoms. The highest BCUT2D eigenvalue weighted by molar-refractivity contribution is 8.00. The van der Waals surface area contributed by atoms with Crippen LogP contribution in [0.4, 0.5) is 0 Å². The van der Waals surface area contributed by atoms with Gasteiger partial charge in [0.15, 0.2) is 0 Å². The van der Waals surface area contributed by atoms with Gasteiger partial charge in [-0.2, -0.15) is 0 Å². The lowest BCUT2D eigenvalue weighted by molar-refractivity contribution is 0.407. The van der Waals surface area contributed by atoms with Gasteiger partial charge in [-0.1, -0.05) is 37.3 Å². The maximum Gasteiger partial charge on any atom is 0.125 e. The van der Waals surface area contributed by atoms with Crippen molar-refractivity contribution in [2.24, 2.45) is 0 Å². The summed E-state index contributed by atoms with van der Waals surface area (Å²) in [5.41, 5.74) is 1.29. The van der Waals surface area contributed by atoms with Crippen LogP contribution in [-0.4, -0.2) is 18.9 Å². The molecular weight excluding hydrogens is 254 g/mol. The van der Waals surface area contributed by atoms with E-state index in [-0.39, 0.29) is 0 Å². The average molecular weight is 273 g/mol. The molecule has 1 heterocycles. The number of thioether (sulfide) groups is 1. The van der Waals surface area contributed by atoms with E-state index in [4.69, 9.17) is 4.74 Å². The van der Waals surface area contributed by atoms with Crippen LogP contribution in [0.2, 0.25) is 0 Å². The molecular formula is C16H19NOS. The van der Waals surface area contributed by atoms with Crippen LogP contribution in [-0.2, 0) is 0 Å². The van der Waals surface area contributed by atoms with Gasteiger partial charge < -0.3 is 10.1 Å². The van der Waals surface area contributed by atoms with E-state index in [1.807, 2.05) is 11.8 Å². The zero-order valence-electron chi connectivity index (χ0n) is 11.3. The van der Waals surface area contributed by atoms with Gasteiger partial charge in [-0.05, 0) is 29.8 Å². The minimum Gasteiger partial charge on any atom is -0.496 e. The van der Waals surface area contributed by atoms with E-state index in [0.717, 1.165) is 12.3 Å². The number of ether oxygens (including phenoxy) is 1. The molecule has 1 aliphatic rings. The summed E-state index contributed by atoms with van der Waals surface area (Å²) in [7, 11) is 1.75. The van der Waals surface area contributed by atoms with Crippen LogP contribution in [0.1, 0.15) is 24.3 Å². The molecule has 0 bridgehead atoms. The van der Waals surface area contributed by atoms with Crippen LogP contribution in [0.5, 0.6) is 5.75 Å². The quantitative estimate of drug-likeness (QED) is 0.895. The summed E-state index contributed by atoms with van der Waals surface area (Å²) < 4.78 is 5.59. The van der Waals surface area contributed by atoms with Crippen molar-refractivity contribution in [1.82, 2.24) is 5.32 Å². The molecule has 2 unspecified atom stereocenters. The Balaban J connectivity index is 2.13. The summed E-state index contributed by atoms with van der Waals surface area (Å²) in [6, 6.07) is 12.8. The van der Waals surface area contributed by atoms with E-state index in [1.54, 1.807) is 7.11 Å². The van der Waals surface area contributed by atoms with Crippen molar-refractivity contribution < 1.29 is 4.74 Å². The third-order valence-corrected chi connectivity index (χ3v) is 5.04. The Labute approximate surface area is 118 Å². The third kappa shape index (κ3) is 2.45. The van der Waals surface area contributed by atoms with E-state index in [9.17, 15) is 0 Å². The van der Waals surface area contributed by atoms with E-state index in [1.165, 1.54) is 22.8 Å². The normalized spacial score (nSPS) is 23.5. The van der Waals surface area contributed by atoms with Crippen molar-refractivity contribution in [2.75, 3.05) is 13.7 Å². The molecule has 19 heavy (non-hydrogen) atoms. The van der Waals surface area contributed by atoms with Gasteiger partial charge in [0.25, 0.3) is 0 Å². The van der Waals surface area contributed by atoms with Crippen LogP contribution < -0.4 is 10.1 Å². The molecule has 2 atom stereocenters. The second kappa shape index (κ2) is 5.43. The Kier molecular flexibility index (Phi) is 3.67. The van der Waals surface area contributed by atoms with Crippen LogP contribution in [0.25, 0.3) is 10.8 Å². The van der Waals surface area contributed by atoms with E-state index in [0.29, 0.717) is 10.6 Å². The van der Waals surface area contributed by atoms with Gasteiger partial charge in [0.1, 0.15) is 5.75 Å². The molecule has 100 valence electrons. The summed E-state index contributed by atoms with van der Waals surface area (Å²) in [6.07, 6.45) is 1.23. The summed E-state index contributed by atoms with van der Waals surface area (Å²) in [5.74, 6) is 0.984. The maximum absolute atomic E-state index is 5.59. The lowest BCUT2D eigenvalue weighted by Gasteiger charge is -2.30. The highest BCUT2D eigenvalue weighted by Crippen LogP contribution is 2.42. The Bertz CT molecular complexity index is 584. The second-order valence-electron chi connectivity index (χ2n) is 4.97. The van der Waals surface area contributed by atoms with Gasteiger partial charge in [-0.15, -0.1) is 11.8 Å². The Morgan fingerprint density at radius 1 is 1.21 bits per heavy atom. The van der Waals surface area contributed by atoms with Crippen LogP contribution >= 0.6 is 11.8 Å². The maximum atomic E-state index is 5.59. The molecule has 0 aromatic heterocycles. The van der Waals surface area contributed by atoms with Gasteiger partial charge >= 0.3 is 0 Å². The summed E-state index contributed by atoms with van der Waals surface area (Å²) in [4.78, 5) is 0. The predicted molar refractivity (Wildman–Crippen MR) is 82.9 cm³/mol. The average Bonchev–Trinajstić information content (AvgIpc) is 2.46. The molecule has 1 fully saturated rings. The van der Waals surface area contributed by atoms with Crippen molar-refractivity contribution in [2.45, 2.75) is 24.0 Å². The van der Waals surface area contributed by atoms with Gasteiger partial charge in [0.05, 0.1) is 12.5 Å². The number of benzene rings is 2. The Morgan fingerprint density at radius 2 is 2.05 bits per heavy atom. The molecule has 0 spiro atoms. The SMILES string of the molecule is COc1ccc2ccccc2c1C1NCCC(C)S1. The molecule has 2 aromatic rings. The summed E-state index contributed by atoms with van der Waals surface area (Å²) in [6.45, 7) is 3.38.